The zero-order valence-corrected chi connectivity index (χ0v) is 26.0. The molecule has 6 rings (SSSR count). The highest BCUT2D eigenvalue weighted by Gasteiger charge is 2.19. The lowest BCUT2D eigenvalue weighted by molar-refractivity contribution is -0.116. The van der Waals surface area contributed by atoms with Crippen molar-refractivity contribution in [3.8, 4) is 33.6 Å². The highest BCUT2D eigenvalue weighted by Crippen LogP contribution is 2.39. The number of fused-ring (bicyclic) bond motifs is 2. The number of rotatable bonds is 11. The molecule has 0 atom stereocenters. The van der Waals surface area contributed by atoms with Gasteiger partial charge < -0.3 is 20.5 Å². The Kier molecular flexibility index (Phi) is 8.57. The second kappa shape index (κ2) is 12.9. The largest absolute Gasteiger partial charge is 0.384 e. The van der Waals surface area contributed by atoms with E-state index in [0.29, 0.717) is 18.7 Å². The zero-order valence-electron chi connectivity index (χ0n) is 26.0. The quantitative estimate of drug-likeness (QED) is 0.123. The van der Waals surface area contributed by atoms with E-state index in [1.165, 1.54) is 6.07 Å². The summed E-state index contributed by atoms with van der Waals surface area (Å²) < 4.78 is 14.8. The fourth-order valence-corrected chi connectivity index (χ4v) is 5.65. The third-order valence-electron chi connectivity index (χ3n) is 7.96. The van der Waals surface area contributed by atoms with Crippen LogP contribution in [0, 0.1) is 12.7 Å². The molecule has 10 heteroatoms. The summed E-state index contributed by atoms with van der Waals surface area (Å²) in [5, 5.41) is 16.0. The first-order valence-corrected chi connectivity index (χ1v) is 15.2. The molecule has 0 bridgehead atoms. The van der Waals surface area contributed by atoms with Gasteiger partial charge in [-0.15, -0.1) is 0 Å². The van der Waals surface area contributed by atoms with Crippen LogP contribution in [0.2, 0.25) is 0 Å². The van der Waals surface area contributed by atoms with E-state index in [9.17, 15) is 9.18 Å². The van der Waals surface area contributed by atoms with Gasteiger partial charge in [0.05, 0.1) is 34.8 Å². The summed E-state index contributed by atoms with van der Waals surface area (Å²) in [5.41, 5.74) is 9.17. The number of aryl methyl sites for hydroxylation is 1. The SMILES string of the molecule is CCCCC(=O)Nc1cncc(-c2ccc3[nH]nc(-c4[nH]c5cncc(-c6cc(F)cc(NCCN(C)C)c6)c5c4C)c3c2)c1. The van der Waals surface area contributed by atoms with Gasteiger partial charge in [0.15, 0.2) is 0 Å². The van der Waals surface area contributed by atoms with E-state index in [2.05, 4.69) is 48.6 Å². The maximum Gasteiger partial charge on any atom is 0.224 e. The van der Waals surface area contributed by atoms with E-state index in [1.54, 1.807) is 30.9 Å². The van der Waals surface area contributed by atoms with Crippen molar-refractivity contribution >= 4 is 39.1 Å². The molecular weight excluding hydrogens is 567 g/mol. The molecule has 4 N–H and O–H groups in total. The number of halogens is 1. The number of carbonyl (C=O) groups is 1. The van der Waals surface area contributed by atoms with Crippen molar-refractivity contribution in [3.05, 3.63) is 78.6 Å². The predicted octanol–water partition coefficient (Wildman–Crippen LogP) is 7.38. The number of nitrogens with zero attached hydrogens (tertiary/aromatic N) is 4. The minimum atomic E-state index is -0.310. The van der Waals surface area contributed by atoms with Gasteiger partial charge in [-0.1, -0.05) is 19.4 Å². The number of pyridine rings is 2. The maximum absolute atomic E-state index is 14.8. The van der Waals surface area contributed by atoms with E-state index in [0.717, 1.165) is 86.1 Å². The smallest absolute Gasteiger partial charge is 0.224 e. The van der Waals surface area contributed by atoms with E-state index >= 15 is 0 Å². The Hall–Kier alpha value is -5.09. The Morgan fingerprint density at radius 2 is 1.76 bits per heavy atom. The molecule has 45 heavy (non-hydrogen) atoms. The van der Waals surface area contributed by atoms with Gasteiger partial charge in [-0.2, -0.15) is 5.10 Å². The normalized spacial score (nSPS) is 11.5. The third kappa shape index (κ3) is 6.41. The molecule has 0 unspecified atom stereocenters. The lowest BCUT2D eigenvalue weighted by atomic mass is 9.99. The van der Waals surface area contributed by atoms with Gasteiger partial charge in [0.1, 0.15) is 11.5 Å². The van der Waals surface area contributed by atoms with Crippen LogP contribution in [0.1, 0.15) is 31.7 Å². The topological polar surface area (TPSA) is 115 Å². The van der Waals surface area contributed by atoms with Gasteiger partial charge in [0.2, 0.25) is 5.91 Å². The van der Waals surface area contributed by atoms with E-state index in [-0.39, 0.29) is 11.7 Å². The molecule has 6 aromatic rings. The van der Waals surface area contributed by atoms with Crippen LogP contribution in [0.15, 0.2) is 67.3 Å². The molecule has 0 radical (unpaired) electrons. The first-order valence-electron chi connectivity index (χ1n) is 15.2. The average Bonchev–Trinajstić information content (AvgIpc) is 3.59. The number of anilines is 2. The van der Waals surface area contributed by atoms with Crippen LogP contribution < -0.4 is 10.6 Å². The molecule has 0 saturated carbocycles. The van der Waals surface area contributed by atoms with Crippen LogP contribution in [-0.2, 0) is 4.79 Å². The van der Waals surface area contributed by atoms with Gasteiger partial charge in [-0.3, -0.25) is 19.9 Å². The van der Waals surface area contributed by atoms with E-state index in [1.807, 2.05) is 45.3 Å². The molecule has 0 aliphatic heterocycles. The number of benzene rings is 2. The van der Waals surface area contributed by atoms with Gasteiger partial charge in [-0.25, -0.2) is 4.39 Å². The molecule has 4 aromatic heterocycles. The van der Waals surface area contributed by atoms with Crippen molar-refractivity contribution in [1.82, 2.24) is 30.0 Å². The molecule has 4 heterocycles. The number of hydrogen-bond acceptors (Lipinski definition) is 6. The highest BCUT2D eigenvalue weighted by atomic mass is 19.1. The Morgan fingerprint density at radius 3 is 2.58 bits per heavy atom. The first kappa shape index (κ1) is 30.0. The van der Waals surface area contributed by atoms with Gasteiger partial charge in [0, 0.05) is 59.5 Å². The number of H-pyrrole nitrogens is 2. The van der Waals surface area contributed by atoms with Crippen LogP contribution in [0.25, 0.3) is 55.4 Å². The summed E-state index contributed by atoms with van der Waals surface area (Å²) in [4.78, 5) is 26.8. The van der Waals surface area contributed by atoms with E-state index < -0.39 is 0 Å². The molecule has 230 valence electrons. The second-order valence-corrected chi connectivity index (χ2v) is 11.6. The highest BCUT2D eigenvalue weighted by molar-refractivity contribution is 6.04. The number of amides is 1. The monoisotopic (exact) mass is 604 g/mol. The Bertz CT molecular complexity index is 1990. The number of unbranched alkanes of at least 4 members (excludes halogenated alkanes) is 1. The van der Waals surface area contributed by atoms with Crippen LogP contribution in [0.3, 0.4) is 0 Å². The standard InChI is InChI=1S/C35H37FN8O/c1-5-6-7-32(45)40-27-14-24(17-37-18-27)22-8-9-30-28(15-22)35(43-42-30)34-21(2)33-29(19-38-20-31(33)41-34)23-12-25(36)16-26(13-23)39-10-11-44(3)4/h8-9,12-20,39,41H,5-7,10-11H2,1-4H3,(H,40,45)(H,42,43). The van der Waals surface area contributed by atoms with Crippen molar-refractivity contribution in [3.63, 3.8) is 0 Å². The lowest BCUT2D eigenvalue weighted by Gasteiger charge is -2.13. The molecule has 1 amide bonds. The number of carbonyl (C=O) groups excluding carboxylic acids is 1. The number of aromatic amines is 2. The molecule has 0 aliphatic carbocycles. The van der Waals surface area contributed by atoms with Crippen LogP contribution in [-0.4, -0.2) is 63.1 Å². The van der Waals surface area contributed by atoms with E-state index in [4.69, 9.17) is 5.10 Å². The van der Waals surface area contributed by atoms with Crippen molar-refractivity contribution in [2.75, 3.05) is 37.8 Å². The number of hydrogen-bond donors (Lipinski definition) is 4. The summed E-state index contributed by atoms with van der Waals surface area (Å²) in [6.45, 7) is 5.65. The summed E-state index contributed by atoms with van der Waals surface area (Å²) in [7, 11) is 4.01. The van der Waals surface area contributed by atoms with Gasteiger partial charge >= 0.3 is 0 Å². The molecule has 0 spiro atoms. The molecular formula is C35H37FN8O. The summed E-state index contributed by atoms with van der Waals surface area (Å²) >= 11 is 0. The first-order chi connectivity index (χ1) is 21.8. The second-order valence-electron chi connectivity index (χ2n) is 11.6. The van der Waals surface area contributed by atoms with Crippen molar-refractivity contribution in [2.45, 2.75) is 33.1 Å². The Balaban J connectivity index is 1.36. The molecule has 2 aromatic carbocycles. The molecule has 0 saturated heterocycles. The van der Waals surface area contributed by atoms with Crippen molar-refractivity contribution in [1.29, 1.82) is 0 Å². The zero-order chi connectivity index (χ0) is 31.5. The minimum absolute atomic E-state index is 0.0124. The van der Waals surface area contributed by atoms with Gasteiger partial charge in [-0.05, 0) is 80.5 Å². The summed E-state index contributed by atoms with van der Waals surface area (Å²) in [6.07, 6.45) is 9.33. The summed E-state index contributed by atoms with van der Waals surface area (Å²) in [5.74, 6) is -0.322. The molecule has 0 aliphatic rings. The number of likely N-dealkylation sites (N-methyl/N-ethyl adjacent to an activating group) is 1. The fraction of sp³-hybridized carbons (Fsp3) is 0.257. The average molecular weight is 605 g/mol. The molecule has 0 fully saturated rings. The number of aromatic nitrogens is 5. The van der Waals surface area contributed by atoms with Crippen LogP contribution >= 0.6 is 0 Å². The van der Waals surface area contributed by atoms with Crippen LogP contribution in [0.4, 0.5) is 15.8 Å². The Morgan fingerprint density at radius 1 is 0.933 bits per heavy atom. The van der Waals surface area contributed by atoms with Crippen molar-refractivity contribution in [2.24, 2.45) is 0 Å². The predicted molar refractivity (Wildman–Crippen MR) is 180 cm³/mol. The lowest BCUT2D eigenvalue weighted by Crippen LogP contribution is -2.20. The molecule has 9 nitrogen and oxygen atoms in total. The van der Waals surface area contributed by atoms with Crippen LogP contribution in [0.5, 0.6) is 0 Å². The Labute approximate surface area is 261 Å². The maximum atomic E-state index is 14.8. The number of nitrogens with one attached hydrogen (secondary N) is 4. The summed E-state index contributed by atoms with van der Waals surface area (Å²) in [6, 6.07) is 13.1. The minimum Gasteiger partial charge on any atom is -0.384 e. The fourth-order valence-electron chi connectivity index (χ4n) is 5.65. The van der Waals surface area contributed by atoms with Crippen molar-refractivity contribution < 1.29 is 9.18 Å². The third-order valence-corrected chi connectivity index (χ3v) is 7.96. The van der Waals surface area contributed by atoms with Gasteiger partial charge in [0.25, 0.3) is 0 Å².